The van der Waals surface area contributed by atoms with Gasteiger partial charge in [-0.1, -0.05) is 17.7 Å². The lowest BCUT2D eigenvalue weighted by atomic mass is 10.1. The summed E-state index contributed by atoms with van der Waals surface area (Å²) in [5.41, 5.74) is 2.38. The van der Waals surface area contributed by atoms with Crippen LogP contribution in [0.2, 0.25) is 0 Å². The Morgan fingerprint density at radius 2 is 2.05 bits per heavy atom. The predicted octanol–water partition coefficient (Wildman–Crippen LogP) is 2.53. The maximum atomic E-state index is 5.40. The smallest absolute Gasteiger partial charge is 0.164 e. The molecule has 0 amide bonds. The molecule has 21 heavy (non-hydrogen) atoms. The molecule has 0 saturated carbocycles. The van der Waals surface area contributed by atoms with Crippen molar-refractivity contribution >= 4 is 0 Å². The molecule has 1 aromatic heterocycles. The Labute approximate surface area is 126 Å². The lowest BCUT2D eigenvalue weighted by molar-refractivity contribution is 0.406. The van der Waals surface area contributed by atoms with Gasteiger partial charge in [-0.15, -0.1) is 0 Å². The van der Waals surface area contributed by atoms with E-state index in [1.54, 1.807) is 13.4 Å². The monoisotopic (exact) mass is 288 g/mol. The van der Waals surface area contributed by atoms with Gasteiger partial charge in [-0.3, -0.25) is 0 Å². The van der Waals surface area contributed by atoms with Gasteiger partial charge in [0.25, 0.3) is 0 Å². The van der Waals surface area contributed by atoms with Gasteiger partial charge in [0.2, 0.25) is 0 Å². The predicted molar refractivity (Wildman–Crippen MR) is 83.4 cm³/mol. The summed E-state index contributed by atoms with van der Waals surface area (Å²) in [6.45, 7) is 9.78. The van der Waals surface area contributed by atoms with Crippen LogP contribution in [-0.4, -0.2) is 27.4 Å². The van der Waals surface area contributed by atoms with Crippen LogP contribution in [-0.2, 0) is 13.1 Å². The minimum Gasteiger partial charge on any atom is -0.496 e. The van der Waals surface area contributed by atoms with Crippen LogP contribution in [0, 0.1) is 6.92 Å². The van der Waals surface area contributed by atoms with Crippen molar-refractivity contribution in [1.82, 2.24) is 20.1 Å². The van der Waals surface area contributed by atoms with Crippen molar-refractivity contribution in [2.45, 2.75) is 46.3 Å². The quantitative estimate of drug-likeness (QED) is 0.918. The Kier molecular flexibility index (Phi) is 4.63. The highest BCUT2D eigenvalue weighted by Gasteiger charge is 2.11. The number of benzene rings is 1. The Bertz CT molecular complexity index is 599. The molecule has 0 saturated heterocycles. The first-order valence-electron chi connectivity index (χ1n) is 7.14. The van der Waals surface area contributed by atoms with E-state index >= 15 is 0 Å². The standard InChI is InChI=1S/C16H24N4O/c1-12-6-7-14(21-5)13(8-12)10-20-11-17-15(19-20)9-18-16(2,3)4/h6-8,11,18H,9-10H2,1-5H3. The van der Waals surface area contributed by atoms with Crippen LogP contribution in [0.15, 0.2) is 24.5 Å². The zero-order valence-corrected chi connectivity index (χ0v) is 13.5. The van der Waals surface area contributed by atoms with Crippen molar-refractivity contribution in [3.63, 3.8) is 0 Å². The second-order valence-corrected chi connectivity index (χ2v) is 6.28. The normalized spacial score (nSPS) is 11.7. The molecule has 0 aliphatic heterocycles. The third kappa shape index (κ3) is 4.56. The number of aromatic nitrogens is 3. The minimum absolute atomic E-state index is 0.0607. The Hall–Kier alpha value is -1.88. The van der Waals surface area contributed by atoms with Gasteiger partial charge in [0.15, 0.2) is 5.82 Å². The maximum absolute atomic E-state index is 5.40. The third-order valence-electron chi connectivity index (χ3n) is 3.13. The number of nitrogens with zero attached hydrogens (tertiary/aromatic N) is 3. The summed E-state index contributed by atoms with van der Waals surface area (Å²) in [5.74, 6) is 1.68. The lowest BCUT2D eigenvalue weighted by Gasteiger charge is -2.19. The van der Waals surface area contributed by atoms with Gasteiger partial charge in [-0.25, -0.2) is 9.67 Å². The molecular formula is C16H24N4O. The fourth-order valence-electron chi connectivity index (χ4n) is 2.04. The van der Waals surface area contributed by atoms with E-state index in [1.807, 2.05) is 16.8 Å². The van der Waals surface area contributed by atoms with Gasteiger partial charge >= 0.3 is 0 Å². The van der Waals surface area contributed by atoms with Gasteiger partial charge < -0.3 is 10.1 Å². The van der Waals surface area contributed by atoms with Gasteiger partial charge in [-0.05, 0) is 33.8 Å². The first kappa shape index (κ1) is 15.5. The zero-order valence-electron chi connectivity index (χ0n) is 13.5. The van der Waals surface area contributed by atoms with E-state index in [1.165, 1.54) is 5.56 Å². The van der Waals surface area contributed by atoms with Crippen molar-refractivity contribution in [2.24, 2.45) is 0 Å². The summed E-state index contributed by atoms with van der Waals surface area (Å²) >= 11 is 0. The van der Waals surface area contributed by atoms with Crippen molar-refractivity contribution in [3.8, 4) is 5.75 Å². The number of methoxy groups -OCH3 is 1. The first-order valence-corrected chi connectivity index (χ1v) is 7.14. The fourth-order valence-corrected chi connectivity index (χ4v) is 2.04. The second-order valence-electron chi connectivity index (χ2n) is 6.28. The Balaban J connectivity index is 2.07. The summed E-state index contributed by atoms with van der Waals surface area (Å²) in [6, 6.07) is 6.15. The van der Waals surface area contributed by atoms with Crippen LogP contribution >= 0.6 is 0 Å². The lowest BCUT2D eigenvalue weighted by Crippen LogP contribution is -2.35. The maximum Gasteiger partial charge on any atom is 0.164 e. The largest absolute Gasteiger partial charge is 0.496 e. The van der Waals surface area contributed by atoms with Crippen LogP contribution in [0.25, 0.3) is 0 Å². The second kappa shape index (κ2) is 6.26. The summed E-state index contributed by atoms with van der Waals surface area (Å²) in [5, 5.41) is 7.89. The summed E-state index contributed by atoms with van der Waals surface area (Å²) in [6.07, 6.45) is 1.77. The van der Waals surface area contributed by atoms with Crippen molar-refractivity contribution in [2.75, 3.05) is 7.11 Å². The number of nitrogens with one attached hydrogen (secondary N) is 1. The molecule has 5 heteroatoms. The Morgan fingerprint density at radius 3 is 2.71 bits per heavy atom. The van der Waals surface area contributed by atoms with E-state index in [0.29, 0.717) is 13.1 Å². The van der Waals surface area contributed by atoms with E-state index in [-0.39, 0.29) is 5.54 Å². The highest BCUT2D eigenvalue weighted by molar-refractivity contribution is 5.36. The molecule has 0 unspecified atom stereocenters. The molecule has 2 aromatic rings. The van der Waals surface area contributed by atoms with E-state index in [2.05, 4.69) is 49.2 Å². The van der Waals surface area contributed by atoms with Gasteiger partial charge in [0, 0.05) is 11.1 Å². The average molecular weight is 288 g/mol. The van der Waals surface area contributed by atoms with Crippen LogP contribution in [0.1, 0.15) is 37.7 Å². The molecule has 0 aliphatic rings. The summed E-state index contributed by atoms with van der Waals surface area (Å²) < 4.78 is 7.24. The van der Waals surface area contributed by atoms with E-state index in [0.717, 1.165) is 17.1 Å². The first-order chi connectivity index (χ1) is 9.87. The number of aryl methyl sites for hydroxylation is 1. The van der Waals surface area contributed by atoms with E-state index in [9.17, 15) is 0 Å². The zero-order chi connectivity index (χ0) is 15.5. The number of hydrogen-bond acceptors (Lipinski definition) is 4. The van der Waals surface area contributed by atoms with E-state index < -0.39 is 0 Å². The van der Waals surface area contributed by atoms with Gasteiger partial charge in [-0.2, -0.15) is 5.10 Å². The van der Waals surface area contributed by atoms with E-state index in [4.69, 9.17) is 4.74 Å². The van der Waals surface area contributed by atoms with Crippen LogP contribution in [0.4, 0.5) is 0 Å². The molecule has 1 N–H and O–H groups in total. The summed E-state index contributed by atoms with van der Waals surface area (Å²) in [7, 11) is 1.69. The Morgan fingerprint density at radius 1 is 1.29 bits per heavy atom. The molecule has 0 atom stereocenters. The molecule has 1 aromatic carbocycles. The highest BCUT2D eigenvalue weighted by Crippen LogP contribution is 2.20. The van der Waals surface area contributed by atoms with Crippen molar-refractivity contribution in [3.05, 3.63) is 41.5 Å². The summed E-state index contributed by atoms with van der Waals surface area (Å²) in [4.78, 5) is 4.34. The highest BCUT2D eigenvalue weighted by atomic mass is 16.5. The van der Waals surface area contributed by atoms with Gasteiger partial charge in [0.1, 0.15) is 12.1 Å². The van der Waals surface area contributed by atoms with Crippen molar-refractivity contribution in [1.29, 1.82) is 0 Å². The van der Waals surface area contributed by atoms with Crippen LogP contribution in [0.5, 0.6) is 5.75 Å². The molecule has 0 radical (unpaired) electrons. The fraction of sp³-hybridized carbons (Fsp3) is 0.500. The number of rotatable bonds is 5. The average Bonchev–Trinajstić information content (AvgIpc) is 2.84. The van der Waals surface area contributed by atoms with Crippen molar-refractivity contribution < 1.29 is 4.74 Å². The topological polar surface area (TPSA) is 52.0 Å². The molecule has 0 bridgehead atoms. The SMILES string of the molecule is COc1ccc(C)cc1Cn1cnc(CNC(C)(C)C)n1. The van der Waals surface area contributed by atoms with Gasteiger partial charge in [0.05, 0.1) is 20.2 Å². The number of hydrogen-bond donors (Lipinski definition) is 1. The molecule has 1 heterocycles. The van der Waals surface area contributed by atoms with Crippen LogP contribution in [0.3, 0.4) is 0 Å². The molecule has 5 nitrogen and oxygen atoms in total. The molecule has 114 valence electrons. The molecule has 0 spiro atoms. The van der Waals surface area contributed by atoms with Crippen LogP contribution < -0.4 is 10.1 Å². The molecule has 2 rings (SSSR count). The minimum atomic E-state index is 0.0607. The molecule has 0 aliphatic carbocycles. The third-order valence-corrected chi connectivity index (χ3v) is 3.13. The molecule has 0 fully saturated rings. The molecular weight excluding hydrogens is 264 g/mol. The number of ether oxygens (including phenoxy) is 1.